The van der Waals surface area contributed by atoms with Gasteiger partial charge in [-0.3, -0.25) is 0 Å². The summed E-state index contributed by atoms with van der Waals surface area (Å²) in [7, 11) is 0. The number of hydrogen-bond acceptors (Lipinski definition) is 0. The number of rotatable bonds is 5. The molecule has 0 bridgehead atoms. The van der Waals surface area contributed by atoms with Crippen LogP contribution in [0.25, 0.3) is 0 Å². The molecule has 0 saturated heterocycles. The second-order valence-electron chi connectivity index (χ2n) is 2.70. The summed E-state index contributed by atoms with van der Waals surface area (Å²) in [5, 5.41) is 0. The van der Waals surface area contributed by atoms with Crippen molar-refractivity contribution in [1.29, 1.82) is 0 Å². The zero-order valence-electron chi connectivity index (χ0n) is 9.03. The van der Waals surface area contributed by atoms with E-state index in [-0.39, 0.29) is 0 Å². The van der Waals surface area contributed by atoms with E-state index in [1.54, 1.807) is 0 Å². The molecule has 0 saturated carbocycles. The van der Waals surface area contributed by atoms with Gasteiger partial charge >= 0.3 is 0 Å². The molecule has 0 aliphatic rings. The highest BCUT2D eigenvalue weighted by molar-refractivity contribution is 5.48. The average Bonchev–Trinajstić information content (AvgIpc) is 2.23. The summed E-state index contributed by atoms with van der Waals surface area (Å²) in [5.41, 5.74) is 2.16. The van der Waals surface area contributed by atoms with Gasteiger partial charge in [-0.15, -0.1) is 0 Å². The van der Waals surface area contributed by atoms with E-state index < -0.39 is 0 Å². The first kappa shape index (κ1) is 12.4. The zero-order chi connectivity index (χ0) is 10.8. The van der Waals surface area contributed by atoms with E-state index in [9.17, 15) is 0 Å². The van der Waals surface area contributed by atoms with Crippen LogP contribution in [0.1, 0.15) is 13.8 Å². The maximum atomic E-state index is 3.78. The van der Waals surface area contributed by atoms with Crippen molar-refractivity contribution in [2.24, 2.45) is 0 Å². The lowest BCUT2D eigenvalue weighted by atomic mass is 10.1. The third kappa shape index (κ3) is 4.46. The first-order valence-corrected chi connectivity index (χ1v) is 4.71. The second kappa shape index (κ2) is 8.06. The van der Waals surface area contributed by atoms with Crippen molar-refractivity contribution in [2.45, 2.75) is 13.8 Å². The fourth-order valence-electron chi connectivity index (χ4n) is 0.964. The van der Waals surface area contributed by atoms with Gasteiger partial charge in [0.25, 0.3) is 0 Å². The topological polar surface area (TPSA) is 0 Å². The van der Waals surface area contributed by atoms with Gasteiger partial charge in [-0.05, 0) is 25.0 Å². The van der Waals surface area contributed by atoms with Crippen LogP contribution in [0.4, 0.5) is 0 Å². The van der Waals surface area contributed by atoms with Crippen molar-refractivity contribution in [2.75, 3.05) is 0 Å². The molecule has 0 aliphatic carbocycles. The highest BCUT2D eigenvalue weighted by Gasteiger charge is 1.93. The third-order valence-corrected chi connectivity index (χ3v) is 1.71. The molecule has 0 rings (SSSR count). The van der Waals surface area contributed by atoms with Crippen molar-refractivity contribution >= 4 is 0 Å². The molecule has 0 fully saturated rings. The Hall–Kier alpha value is -1.56. The lowest BCUT2D eigenvalue weighted by Gasteiger charge is -2.00. The zero-order valence-corrected chi connectivity index (χ0v) is 9.03. The lowest BCUT2D eigenvalue weighted by molar-refractivity contribution is 1.54. The van der Waals surface area contributed by atoms with Gasteiger partial charge in [0.05, 0.1) is 0 Å². The minimum atomic E-state index is 1.08. The Morgan fingerprint density at radius 2 is 1.14 bits per heavy atom. The van der Waals surface area contributed by atoms with Crippen LogP contribution in [0.15, 0.2) is 72.9 Å². The Bertz CT molecular complexity index is 264. The number of hydrogen-bond donors (Lipinski definition) is 0. The minimum absolute atomic E-state index is 1.08. The molecular weight excluding hydrogens is 168 g/mol. The van der Waals surface area contributed by atoms with Crippen LogP contribution in [-0.4, -0.2) is 0 Å². The van der Waals surface area contributed by atoms with Gasteiger partial charge in [-0.25, -0.2) is 0 Å². The normalized spacial score (nSPS) is 13.9. The maximum absolute atomic E-state index is 3.78. The van der Waals surface area contributed by atoms with Crippen molar-refractivity contribution in [1.82, 2.24) is 0 Å². The predicted molar refractivity (Wildman–Crippen MR) is 66.2 cm³/mol. The Labute approximate surface area is 87.3 Å². The van der Waals surface area contributed by atoms with E-state index in [0.717, 1.165) is 11.1 Å². The standard InChI is InChI=1S/C14H18/c1-5-9-11-13(7-3)14(8-4)12-10-6-2/h5-12H,3-4H2,1-2H3/b9-5-,10-6-,13-11+,14-12+. The Morgan fingerprint density at radius 3 is 1.36 bits per heavy atom. The minimum Gasteiger partial charge on any atom is -0.0984 e. The molecule has 0 aliphatic heterocycles. The molecule has 0 radical (unpaired) electrons. The van der Waals surface area contributed by atoms with Crippen LogP contribution in [-0.2, 0) is 0 Å². The largest absolute Gasteiger partial charge is 0.0984 e. The van der Waals surface area contributed by atoms with Crippen molar-refractivity contribution in [3.8, 4) is 0 Å². The maximum Gasteiger partial charge on any atom is -0.0190 e. The second-order valence-corrected chi connectivity index (χ2v) is 2.70. The van der Waals surface area contributed by atoms with Crippen molar-refractivity contribution in [3.05, 3.63) is 72.9 Å². The number of allylic oxidation sites excluding steroid dienone is 10. The van der Waals surface area contributed by atoms with Gasteiger partial charge in [0.15, 0.2) is 0 Å². The first-order valence-electron chi connectivity index (χ1n) is 4.71. The molecule has 0 spiro atoms. The van der Waals surface area contributed by atoms with Gasteiger partial charge in [0, 0.05) is 0 Å². The summed E-state index contributed by atoms with van der Waals surface area (Å²) >= 11 is 0. The summed E-state index contributed by atoms with van der Waals surface area (Å²) in [6, 6.07) is 0. The first-order chi connectivity index (χ1) is 6.79. The molecule has 0 heterocycles. The molecule has 0 amide bonds. The molecule has 14 heavy (non-hydrogen) atoms. The predicted octanol–water partition coefficient (Wildman–Crippen LogP) is 4.36. The quantitative estimate of drug-likeness (QED) is 0.559. The highest BCUT2D eigenvalue weighted by atomic mass is 14.0. The molecule has 0 aromatic heterocycles. The smallest absolute Gasteiger partial charge is 0.0190 e. The molecular formula is C14H18. The fraction of sp³-hybridized carbons (Fsp3) is 0.143. The van der Waals surface area contributed by atoms with Crippen LogP contribution >= 0.6 is 0 Å². The highest BCUT2D eigenvalue weighted by Crippen LogP contribution is 2.12. The Balaban J connectivity index is 4.96. The van der Waals surface area contributed by atoms with E-state index in [1.807, 2.05) is 62.5 Å². The van der Waals surface area contributed by atoms with E-state index in [2.05, 4.69) is 13.2 Å². The molecule has 0 nitrogen and oxygen atoms in total. The fourth-order valence-corrected chi connectivity index (χ4v) is 0.964. The van der Waals surface area contributed by atoms with E-state index in [4.69, 9.17) is 0 Å². The van der Waals surface area contributed by atoms with Crippen LogP contribution in [0.5, 0.6) is 0 Å². The monoisotopic (exact) mass is 186 g/mol. The summed E-state index contributed by atoms with van der Waals surface area (Å²) in [5.74, 6) is 0. The van der Waals surface area contributed by atoms with Crippen LogP contribution in [0.3, 0.4) is 0 Å². The Kier molecular flexibility index (Phi) is 7.16. The van der Waals surface area contributed by atoms with Gasteiger partial charge < -0.3 is 0 Å². The van der Waals surface area contributed by atoms with Gasteiger partial charge in [-0.1, -0.05) is 61.8 Å². The van der Waals surface area contributed by atoms with Crippen LogP contribution < -0.4 is 0 Å². The lowest BCUT2D eigenvalue weighted by Crippen LogP contribution is -1.80. The van der Waals surface area contributed by atoms with Crippen LogP contribution in [0, 0.1) is 0 Å². The average molecular weight is 186 g/mol. The van der Waals surface area contributed by atoms with Crippen molar-refractivity contribution in [3.63, 3.8) is 0 Å². The molecule has 0 aromatic rings. The van der Waals surface area contributed by atoms with E-state index in [1.165, 1.54) is 0 Å². The molecule has 74 valence electrons. The Morgan fingerprint density at radius 1 is 0.786 bits per heavy atom. The molecule has 0 N–H and O–H groups in total. The van der Waals surface area contributed by atoms with E-state index in [0.29, 0.717) is 0 Å². The summed E-state index contributed by atoms with van der Waals surface area (Å²) in [6.45, 7) is 11.5. The molecule has 0 aromatic carbocycles. The summed E-state index contributed by atoms with van der Waals surface area (Å²) in [6.07, 6.45) is 15.6. The summed E-state index contributed by atoms with van der Waals surface area (Å²) < 4.78 is 0. The SMILES string of the molecule is C=CC(=C\C=C/C)/C(C=C)=C/C=C\C. The third-order valence-electron chi connectivity index (χ3n) is 1.71. The molecule has 0 unspecified atom stereocenters. The van der Waals surface area contributed by atoms with Gasteiger partial charge in [0.1, 0.15) is 0 Å². The summed E-state index contributed by atoms with van der Waals surface area (Å²) in [4.78, 5) is 0. The van der Waals surface area contributed by atoms with Gasteiger partial charge in [0.2, 0.25) is 0 Å². The molecule has 0 heteroatoms. The van der Waals surface area contributed by atoms with E-state index >= 15 is 0 Å². The van der Waals surface area contributed by atoms with Crippen molar-refractivity contribution < 1.29 is 0 Å². The van der Waals surface area contributed by atoms with Gasteiger partial charge in [-0.2, -0.15) is 0 Å². The van der Waals surface area contributed by atoms with Crippen LogP contribution in [0.2, 0.25) is 0 Å². The molecule has 0 atom stereocenters.